The molecule has 2 rings (SSSR count). The third-order valence-corrected chi connectivity index (χ3v) is 7.21. The second-order valence-electron chi connectivity index (χ2n) is 6.90. The van der Waals surface area contributed by atoms with E-state index in [1.807, 2.05) is 20.2 Å². The first-order valence-corrected chi connectivity index (χ1v) is 11.6. The van der Waals surface area contributed by atoms with Crippen molar-refractivity contribution < 1.29 is 18.1 Å². The van der Waals surface area contributed by atoms with Crippen molar-refractivity contribution in [1.29, 1.82) is 0 Å². The zero-order chi connectivity index (χ0) is 20.9. The Morgan fingerprint density at radius 3 is 2.39 bits per heavy atom. The fourth-order valence-electron chi connectivity index (χ4n) is 2.64. The lowest BCUT2D eigenvalue weighted by Crippen LogP contribution is -3.12. The van der Waals surface area contributed by atoms with Gasteiger partial charge in [-0.15, -0.1) is 11.8 Å². The summed E-state index contributed by atoms with van der Waals surface area (Å²) in [5, 5.41) is 2.83. The van der Waals surface area contributed by atoms with Crippen LogP contribution in [0.5, 0.6) is 0 Å². The molecule has 0 spiro atoms. The van der Waals surface area contributed by atoms with Gasteiger partial charge in [0.1, 0.15) is 6.54 Å². The van der Waals surface area contributed by atoms with E-state index in [-0.39, 0.29) is 16.8 Å². The Morgan fingerprint density at radius 2 is 1.82 bits per heavy atom. The van der Waals surface area contributed by atoms with E-state index in [9.17, 15) is 13.2 Å². The standard InChI is InChI=1S/C20H27N3O3S2/c1-15(23(4)14-16-9-11-18(27-5)12-10-16)20(24)21-17-7-6-8-19(13-17)28(25,26)22(2)3/h6-13,15H,14H2,1-5H3,(H,21,24)/p+1/t15-/m1/s1. The first-order chi connectivity index (χ1) is 13.1. The number of likely N-dealkylation sites (N-methyl/N-ethyl adjacent to an activating group) is 1. The van der Waals surface area contributed by atoms with E-state index < -0.39 is 10.0 Å². The van der Waals surface area contributed by atoms with Crippen LogP contribution < -0.4 is 10.2 Å². The van der Waals surface area contributed by atoms with Crippen LogP contribution in [0.2, 0.25) is 0 Å². The molecular weight excluding hydrogens is 394 g/mol. The van der Waals surface area contributed by atoms with E-state index in [2.05, 4.69) is 29.6 Å². The maximum atomic E-state index is 12.6. The zero-order valence-electron chi connectivity index (χ0n) is 16.9. The molecule has 6 nitrogen and oxygen atoms in total. The topological polar surface area (TPSA) is 70.9 Å². The highest BCUT2D eigenvalue weighted by atomic mass is 32.2. The summed E-state index contributed by atoms with van der Waals surface area (Å²) in [5.41, 5.74) is 1.63. The molecule has 1 amide bonds. The maximum Gasteiger partial charge on any atom is 0.282 e. The van der Waals surface area contributed by atoms with Crippen LogP contribution in [0, 0.1) is 0 Å². The van der Waals surface area contributed by atoms with Crippen LogP contribution in [-0.2, 0) is 21.4 Å². The van der Waals surface area contributed by atoms with E-state index in [0.29, 0.717) is 5.69 Å². The first-order valence-electron chi connectivity index (χ1n) is 8.94. The fourth-order valence-corrected chi connectivity index (χ4v) is 3.99. The number of quaternary nitrogens is 1. The van der Waals surface area contributed by atoms with Gasteiger partial charge in [0.15, 0.2) is 6.04 Å². The highest BCUT2D eigenvalue weighted by Crippen LogP contribution is 2.18. The summed E-state index contributed by atoms with van der Waals surface area (Å²) in [5.74, 6) is -0.155. The van der Waals surface area contributed by atoms with Gasteiger partial charge in [-0.3, -0.25) is 4.79 Å². The lowest BCUT2D eigenvalue weighted by molar-refractivity contribution is -0.907. The molecule has 0 fully saturated rings. The number of nitrogens with zero attached hydrogens (tertiary/aromatic N) is 1. The quantitative estimate of drug-likeness (QED) is 0.636. The van der Waals surface area contributed by atoms with Gasteiger partial charge in [-0.1, -0.05) is 18.2 Å². The molecule has 0 radical (unpaired) electrons. The molecule has 0 aliphatic carbocycles. The van der Waals surface area contributed by atoms with Gasteiger partial charge < -0.3 is 10.2 Å². The molecule has 0 aliphatic rings. The molecule has 0 aliphatic heterocycles. The van der Waals surface area contributed by atoms with E-state index in [4.69, 9.17) is 0 Å². The third kappa shape index (κ3) is 5.57. The summed E-state index contributed by atoms with van der Waals surface area (Å²) in [6.45, 7) is 2.58. The van der Waals surface area contributed by atoms with Gasteiger partial charge in [0.05, 0.1) is 11.9 Å². The molecule has 0 saturated carbocycles. The maximum absolute atomic E-state index is 12.6. The van der Waals surface area contributed by atoms with Crippen LogP contribution in [-0.4, -0.2) is 52.1 Å². The molecule has 2 aromatic rings. The van der Waals surface area contributed by atoms with Crippen LogP contribution in [0.4, 0.5) is 5.69 Å². The van der Waals surface area contributed by atoms with Crippen molar-refractivity contribution in [3.63, 3.8) is 0 Å². The van der Waals surface area contributed by atoms with Crippen molar-refractivity contribution in [2.75, 3.05) is 32.7 Å². The molecule has 0 bridgehead atoms. The van der Waals surface area contributed by atoms with Crippen LogP contribution in [0.3, 0.4) is 0 Å². The number of amides is 1. The number of hydrogen-bond donors (Lipinski definition) is 2. The van der Waals surface area contributed by atoms with Crippen molar-refractivity contribution in [2.24, 2.45) is 0 Å². The second-order valence-corrected chi connectivity index (χ2v) is 9.93. The summed E-state index contributed by atoms with van der Waals surface area (Å²) in [4.78, 5) is 15.1. The number of anilines is 1. The Hall–Kier alpha value is -1.87. The number of sulfonamides is 1. The van der Waals surface area contributed by atoms with Crippen molar-refractivity contribution in [3.8, 4) is 0 Å². The number of nitrogens with one attached hydrogen (secondary N) is 2. The van der Waals surface area contributed by atoms with Gasteiger partial charge in [-0.25, -0.2) is 12.7 Å². The lowest BCUT2D eigenvalue weighted by atomic mass is 10.2. The summed E-state index contributed by atoms with van der Waals surface area (Å²) in [6.07, 6.45) is 2.04. The lowest BCUT2D eigenvalue weighted by Gasteiger charge is -2.21. The summed E-state index contributed by atoms with van der Waals surface area (Å²) < 4.78 is 25.7. The Morgan fingerprint density at radius 1 is 1.18 bits per heavy atom. The zero-order valence-corrected chi connectivity index (χ0v) is 18.5. The minimum atomic E-state index is -3.54. The fraction of sp³-hybridized carbons (Fsp3) is 0.350. The van der Waals surface area contributed by atoms with E-state index >= 15 is 0 Å². The third-order valence-electron chi connectivity index (χ3n) is 4.65. The van der Waals surface area contributed by atoms with Gasteiger partial charge in [0.2, 0.25) is 10.0 Å². The summed E-state index contributed by atoms with van der Waals surface area (Å²) in [6, 6.07) is 14.3. The average molecular weight is 423 g/mol. The summed E-state index contributed by atoms with van der Waals surface area (Å²) >= 11 is 1.70. The molecule has 1 unspecified atom stereocenters. The van der Waals surface area contributed by atoms with E-state index in [1.54, 1.807) is 23.9 Å². The number of carbonyl (C=O) groups excluding carboxylic acids is 1. The van der Waals surface area contributed by atoms with Crippen molar-refractivity contribution in [1.82, 2.24) is 4.31 Å². The Kier molecular flexibility index (Phi) is 7.65. The molecule has 152 valence electrons. The molecule has 2 N–H and O–H groups in total. The Bertz CT molecular complexity index is 913. The van der Waals surface area contributed by atoms with Crippen molar-refractivity contribution >= 4 is 33.4 Å². The number of benzene rings is 2. The molecule has 8 heteroatoms. The number of rotatable bonds is 8. The summed E-state index contributed by atoms with van der Waals surface area (Å²) in [7, 11) is 1.39. The van der Waals surface area contributed by atoms with Crippen LogP contribution >= 0.6 is 11.8 Å². The minimum Gasteiger partial charge on any atom is -0.324 e. The van der Waals surface area contributed by atoms with Crippen LogP contribution in [0.1, 0.15) is 12.5 Å². The van der Waals surface area contributed by atoms with Crippen molar-refractivity contribution in [3.05, 3.63) is 54.1 Å². The van der Waals surface area contributed by atoms with Gasteiger partial charge >= 0.3 is 0 Å². The first kappa shape index (κ1) is 22.4. The average Bonchev–Trinajstić information content (AvgIpc) is 2.67. The highest BCUT2D eigenvalue weighted by molar-refractivity contribution is 7.98. The molecule has 0 heterocycles. The molecular formula is C20H28N3O3S2+. The number of carbonyl (C=O) groups is 1. The van der Waals surface area contributed by atoms with Gasteiger partial charge in [-0.2, -0.15) is 0 Å². The number of hydrogen-bond acceptors (Lipinski definition) is 4. The monoisotopic (exact) mass is 422 g/mol. The van der Waals surface area contributed by atoms with Gasteiger partial charge in [0, 0.05) is 30.2 Å². The number of thioether (sulfide) groups is 1. The molecule has 0 saturated heterocycles. The van der Waals surface area contributed by atoms with E-state index in [0.717, 1.165) is 21.3 Å². The van der Waals surface area contributed by atoms with Crippen molar-refractivity contribution in [2.45, 2.75) is 29.3 Å². The second kappa shape index (κ2) is 9.56. The van der Waals surface area contributed by atoms with E-state index in [1.165, 1.54) is 31.1 Å². The van der Waals surface area contributed by atoms with Crippen LogP contribution in [0.25, 0.3) is 0 Å². The molecule has 2 atom stereocenters. The van der Waals surface area contributed by atoms with Gasteiger partial charge in [0.25, 0.3) is 5.91 Å². The normalized spacial score (nSPS) is 13.9. The minimum absolute atomic E-state index is 0.150. The predicted molar refractivity (Wildman–Crippen MR) is 114 cm³/mol. The van der Waals surface area contributed by atoms with Gasteiger partial charge in [-0.05, 0) is 43.5 Å². The Labute approximate surface area is 172 Å². The highest BCUT2D eigenvalue weighted by Gasteiger charge is 2.23. The molecule has 28 heavy (non-hydrogen) atoms. The molecule has 2 aromatic carbocycles. The Balaban J connectivity index is 2.05. The van der Waals surface area contributed by atoms with Crippen LogP contribution in [0.15, 0.2) is 58.3 Å². The smallest absolute Gasteiger partial charge is 0.282 e. The molecule has 0 aromatic heterocycles. The predicted octanol–water partition coefficient (Wildman–Crippen LogP) is 1.70. The largest absolute Gasteiger partial charge is 0.324 e. The SMILES string of the molecule is CSc1ccc(C[NH+](C)[C@H](C)C(=O)Nc2cccc(S(=O)(=O)N(C)C)c2)cc1.